The van der Waals surface area contributed by atoms with Gasteiger partial charge in [0.1, 0.15) is 6.61 Å². The van der Waals surface area contributed by atoms with Crippen LogP contribution in [0.3, 0.4) is 0 Å². The van der Waals surface area contributed by atoms with Crippen LogP contribution in [0.5, 0.6) is 0 Å². The lowest BCUT2D eigenvalue weighted by Gasteiger charge is -2.09. The molecule has 0 aromatic rings. The molecule has 0 aromatic carbocycles. The second-order valence-electron chi connectivity index (χ2n) is 2.51. The Hall–Kier alpha value is -0.480. The van der Waals surface area contributed by atoms with E-state index < -0.39 is 0 Å². The molecule has 76 valence electrons. The van der Waals surface area contributed by atoms with Gasteiger partial charge in [0.25, 0.3) is 0 Å². The normalized spacial score (nSPS) is 12.2. The van der Waals surface area contributed by atoms with E-state index in [1.165, 1.54) is 11.8 Å². The maximum atomic E-state index is 11.1. The Morgan fingerprint density at radius 1 is 1.77 bits per heavy atom. The van der Waals surface area contributed by atoms with Gasteiger partial charge in [-0.3, -0.25) is 4.79 Å². The molecule has 3 nitrogen and oxygen atoms in total. The van der Waals surface area contributed by atoms with Crippen LogP contribution >= 0.6 is 11.8 Å². The van der Waals surface area contributed by atoms with Crippen LogP contribution in [0.2, 0.25) is 0 Å². The second kappa shape index (κ2) is 8.13. The average molecular weight is 204 g/mol. The van der Waals surface area contributed by atoms with E-state index in [2.05, 4.69) is 6.58 Å². The summed E-state index contributed by atoms with van der Waals surface area (Å²) in [6, 6.07) is 0. The highest BCUT2D eigenvalue weighted by Gasteiger charge is 2.13. The summed E-state index contributed by atoms with van der Waals surface area (Å²) in [5.41, 5.74) is 0. The van der Waals surface area contributed by atoms with Crippen molar-refractivity contribution in [3.63, 3.8) is 0 Å². The van der Waals surface area contributed by atoms with Crippen molar-refractivity contribution in [1.29, 1.82) is 0 Å². The number of rotatable bonds is 7. The molecule has 0 radical (unpaired) electrons. The van der Waals surface area contributed by atoms with E-state index in [9.17, 15) is 4.79 Å². The molecule has 1 atom stereocenters. The molecule has 0 fully saturated rings. The van der Waals surface area contributed by atoms with Gasteiger partial charge in [0.2, 0.25) is 0 Å². The number of esters is 1. The Labute approximate surface area is 83.2 Å². The smallest absolute Gasteiger partial charge is 0.319 e. The molecule has 0 spiro atoms. The fraction of sp³-hybridized carbons (Fsp3) is 0.667. The standard InChI is InChI=1S/C9H16O3S/c1-3-6-12-9(11)8(2)13-7-4-5-10/h3,8,10H,1,4-7H2,2H3. The SMILES string of the molecule is C=CCOC(=O)C(C)SCCCO. The number of carbonyl (C=O) groups is 1. The van der Waals surface area contributed by atoms with Crippen molar-refractivity contribution in [2.24, 2.45) is 0 Å². The highest BCUT2D eigenvalue weighted by molar-refractivity contribution is 8.00. The molecule has 1 unspecified atom stereocenters. The lowest BCUT2D eigenvalue weighted by molar-refractivity contribution is -0.141. The predicted molar refractivity (Wildman–Crippen MR) is 54.8 cm³/mol. The summed E-state index contributed by atoms with van der Waals surface area (Å²) in [5, 5.41) is 8.36. The predicted octanol–water partition coefficient (Wildman–Crippen LogP) is 1.22. The van der Waals surface area contributed by atoms with Crippen molar-refractivity contribution in [2.75, 3.05) is 19.0 Å². The molecule has 0 bridgehead atoms. The number of thioether (sulfide) groups is 1. The van der Waals surface area contributed by atoms with Gasteiger partial charge in [0.15, 0.2) is 0 Å². The molecule has 13 heavy (non-hydrogen) atoms. The topological polar surface area (TPSA) is 46.5 Å². The maximum absolute atomic E-state index is 11.1. The molecule has 4 heteroatoms. The van der Waals surface area contributed by atoms with Crippen molar-refractivity contribution >= 4 is 17.7 Å². The summed E-state index contributed by atoms with van der Waals surface area (Å²) < 4.78 is 4.84. The number of ether oxygens (including phenoxy) is 1. The van der Waals surface area contributed by atoms with Crippen LogP contribution in [-0.2, 0) is 9.53 Å². The number of aliphatic hydroxyl groups excluding tert-OH is 1. The first kappa shape index (κ1) is 12.5. The van der Waals surface area contributed by atoms with Gasteiger partial charge in [0, 0.05) is 6.61 Å². The number of hydrogen-bond donors (Lipinski definition) is 1. The Bertz CT molecular complexity index is 159. The van der Waals surface area contributed by atoms with Gasteiger partial charge in [-0.1, -0.05) is 12.7 Å². The average Bonchev–Trinajstić information content (AvgIpc) is 2.14. The van der Waals surface area contributed by atoms with Crippen molar-refractivity contribution < 1.29 is 14.6 Å². The zero-order chi connectivity index (χ0) is 10.1. The van der Waals surface area contributed by atoms with Gasteiger partial charge in [0.05, 0.1) is 5.25 Å². The monoisotopic (exact) mass is 204 g/mol. The summed E-state index contributed by atoms with van der Waals surface area (Å²) in [7, 11) is 0. The lowest BCUT2D eigenvalue weighted by atomic mass is 10.5. The minimum atomic E-state index is -0.220. The molecule has 0 amide bonds. The van der Waals surface area contributed by atoms with Gasteiger partial charge in [-0.25, -0.2) is 0 Å². The Balaban J connectivity index is 3.50. The van der Waals surface area contributed by atoms with E-state index in [1.54, 1.807) is 13.0 Å². The molecule has 0 aliphatic heterocycles. The Morgan fingerprint density at radius 3 is 3.00 bits per heavy atom. The van der Waals surface area contributed by atoms with Gasteiger partial charge in [-0.05, 0) is 19.1 Å². The largest absolute Gasteiger partial charge is 0.461 e. The summed E-state index contributed by atoms with van der Waals surface area (Å²) >= 11 is 1.49. The summed E-state index contributed by atoms with van der Waals surface area (Å²) in [4.78, 5) is 11.1. The Kier molecular flexibility index (Phi) is 7.83. The van der Waals surface area contributed by atoms with Crippen LogP contribution in [0.1, 0.15) is 13.3 Å². The van der Waals surface area contributed by atoms with Crippen molar-refractivity contribution in [2.45, 2.75) is 18.6 Å². The van der Waals surface area contributed by atoms with Crippen LogP contribution in [0, 0.1) is 0 Å². The first-order valence-corrected chi connectivity index (χ1v) is 5.27. The van der Waals surface area contributed by atoms with E-state index in [0.717, 1.165) is 5.75 Å². The molecule has 0 saturated carbocycles. The van der Waals surface area contributed by atoms with E-state index in [1.807, 2.05) is 0 Å². The molecular formula is C9H16O3S. The number of aliphatic hydroxyl groups is 1. The molecule has 0 aliphatic carbocycles. The quantitative estimate of drug-likeness (QED) is 0.385. The fourth-order valence-corrected chi connectivity index (χ4v) is 1.50. The molecule has 0 aromatic heterocycles. The van der Waals surface area contributed by atoms with Crippen LogP contribution < -0.4 is 0 Å². The summed E-state index contributed by atoms with van der Waals surface area (Å²) in [5.74, 6) is 0.559. The first-order chi connectivity index (χ1) is 6.22. The van der Waals surface area contributed by atoms with Crippen LogP contribution in [0.15, 0.2) is 12.7 Å². The minimum Gasteiger partial charge on any atom is -0.461 e. The van der Waals surface area contributed by atoms with E-state index in [0.29, 0.717) is 6.42 Å². The first-order valence-electron chi connectivity index (χ1n) is 4.22. The van der Waals surface area contributed by atoms with Gasteiger partial charge in [-0.15, -0.1) is 11.8 Å². The molecule has 0 saturated heterocycles. The zero-order valence-corrected chi connectivity index (χ0v) is 8.68. The summed E-state index contributed by atoms with van der Waals surface area (Å²) in [6.45, 7) is 5.69. The minimum absolute atomic E-state index is 0.161. The van der Waals surface area contributed by atoms with E-state index >= 15 is 0 Å². The van der Waals surface area contributed by atoms with Gasteiger partial charge in [-0.2, -0.15) is 0 Å². The third-order valence-electron chi connectivity index (χ3n) is 1.35. The third-order valence-corrected chi connectivity index (χ3v) is 2.56. The van der Waals surface area contributed by atoms with Crippen LogP contribution in [0.25, 0.3) is 0 Å². The van der Waals surface area contributed by atoms with Crippen molar-refractivity contribution in [1.82, 2.24) is 0 Å². The van der Waals surface area contributed by atoms with Crippen molar-refractivity contribution in [3.8, 4) is 0 Å². The fourth-order valence-electron chi connectivity index (χ4n) is 0.651. The number of carbonyl (C=O) groups excluding carboxylic acids is 1. The molecule has 0 aliphatic rings. The molecule has 0 heterocycles. The number of hydrogen-bond acceptors (Lipinski definition) is 4. The Morgan fingerprint density at radius 2 is 2.46 bits per heavy atom. The van der Waals surface area contributed by atoms with Crippen LogP contribution in [0.4, 0.5) is 0 Å². The van der Waals surface area contributed by atoms with E-state index in [4.69, 9.17) is 9.84 Å². The lowest BCUT2D eigenvalue weighted by Crippen LogP contribution is -2.17. The van der Waals surface area contributed by atoms with Crippen LogP contribution in [-0.4, -0.2) is 35.3 Å². The third kappa shape index (κ3) is 6.66. The summed E-state index contributed by atoms with van der Waals surface area (Å²) in [6.07, 6.45) is 2.26. The van der Waals surface area contributed by atoms with Gasteiger partial charge >= 0.3 is 5.97 Å². The highest BCUT2D eigenvalue weighted by atomic mass is 32.2. The van der Waals surface area contributed by atoms with E-state index in [-0.39, 0.29) is 24.4 Å². The molecular weight excluding hydrogens is 188 g/mol. The highest BCUT2D eigenvalue weighted by Crippen LogP contribution is 2.12. The molecule has 1 N–H and O–H groups in total. The van der Waals surface area contributed by atoms with Crippen molar-refractivity contribution in [3.05, 3.63) is 12.7 Å². The van der Waals surface area contributed by atoms with Gasteiger partial charge < -0.3 is 9.84 Å². The maximum Gasteiger partial charge on any atom is 0.319 e. The molecule has 0 rings (SSSR count). The second-order valence-corrected chi connectivity index (χ2v) is 3.96. The zero-order valence-electron chi connectivity index (χ0n) is 7.86.